The van der Waals surface area contributed by atoms with Crippen molar-refractivity contribution in [3.05, 3.63) is 58.5 Å². The van der Waals surface area contributed by atoms with Gasteiger partial charge < -0.3 is 9.47 Å². The van der Waals surface area contributed by atoms with Crippen LogP contribution >= 0.6 is 11.8 Å². The molecule has 3 rings (SSSR count). The Morgan fingerprint density at radius 1 is 1.17 bits per heavy atom. The van der Waals surface area contributed by atoms with Crippen LogP contribution in [0.25, 0.3) is 6.08 Å². The van der Waals surface area contributed by atoms with Crippen molar-refractivity contribution in [2.45, 2.75) is 13.8 Å². The molecule has 0 radical (unpaired) electrons. The van der Waals surface area contributed by atoms with E-state index in [1.165, 1.54) is 11.8 Å². The number of carbonyl (C=O) groups excluding carboxylic acids is 1. The number of amidine groups is 1. The summed E-state index contributed by atoms with van der Waals surface area (Å²) in [5.41, 5.74) is 2.81. The van der Waals surface area contributed by atoms with Crippen molar-refractivity contribution in [2.75, 3.05) is 20.3 Å². The zero-order valence-corrected chi connectivity index (χ0v) is 17.5. The lowest BCUT2D eigenvalue weighted by Crippen LogP contribution is -2.23. The molecule has 5 nitrogen and oxygen atoms in total. The van der Waals surface area contributed by atoms with Gasteiger partial charge in [0.25, 0.3) is 5.91 Å². The summed E-state index contributed by atoms with van der Waals surface area (Å²) < 4.78 is 11.2. The minimum atomic E-state index is -0.0912. The van der Waals surface area contributed by atoms with Crippen LogP contribution < -0.4 is 9.47 Å². The van der Waals surface area contributed by atoms with Crippen molar-refractivity contribution in [1.29, 1.82) is 0 Å². The van der Waals surface area contributed by atoms with Gasteiger partial charge in [-0.15, -0.1) is 6.42 Å². The minimum absolute atomic E-state index is 0.0912. The topological polar surface area (TPSA) is 51.1 Å². The summed E-state index contributed by atoms with van der Waals surface area (Å²) in [4.78, 5) is 19.4. The lowest BCUT2D eigenvalue weighted by Gasteiger charge is -2.11. The third kappa shape index (κ3) is 5.01. The highest BCUT2D eigenvalue weighted by Crippen LogP contribution is 2.35. The average molecular weight is 407 g/mol. The standard InChI is InChI=1S/C23H22N2O3S/c1-5-13-28-19-12-9-17(14-20(19)27-6-2)15-21-22(26)25(4)23(29-21)24-18-10-7-16(3)8-11-18/h1,7-12,14-15H,6,13H2,2-4H3/b21-15+,24-23?. The first-order valence-electron chi connectivity index (χ1n) is 9.18. The van der Waals surface area contributed by atoms with Crippen LogP contribution in [0.5, 0.6) is 11.5 Å². The number of likely N-dealkylation sites (N-methyl/N-ethyl adjacent to an activating group) is 1. The third-order valence-corrected chi connectivity index (χ3v) is 5.20. The molecule has 1 heterocycles. The van der Waals surface area contributed by atoms with Gasteiger partial charge in [-0.1, -0.05) is 29.7 Å². The molecule has 148 valence electrons. The van der Waals surface area contributed by atoms with Crippen LogP contribution in [0.1, 0.15) is 18.1 Å². The number of benzene rings is 2. The predicted molar refractivity (Wildman–Crippen MR) is 119 cm³/mol. The Balaban J connectivity index is 1.86. The van der Waals surface area contributed by atoms with E-state index in [2.05, 4.69) is 10.9 Å². The summed E-state index contributed by atoms with van der Waals surface area (Å²) in [6.45, 7) is 4.58. The van der Waals surface area contributed by atoms with E-state index in [0.29, 0.717) is 28.2 Å². The van der Waals surface area contributed by atoms with Crippen LogP contribution in [-0.2, 0) is 4.79 Å². The van der Waals surface area contributed by atoms with Gasteiger partial charge in [-0.05, 0) is 61.5 Å². The lowest BCUT2D eigenvalue weighted by molar-refractivity contribution is -0.121. The summed E-state index contributed by atoms with van der Waals surface area (Å²) in [5, 5.41) is 0.643. The maximum atomic E-state index is 12.7. The van der Waals surface area contributed by atoms with Crippen LogP contribution in [0.2, 0.25) is 0 Å². The van der Waals surface area contributed by atoms with Crippen LogP contribution in [0.15, 0.2) is 52.4 Å². The minimum Gasteiger partial charge on any atom is -0.490 e. The van der Waals surface area contributed by atoms with Crippen LogP contribution in [-0.4, -0.2) is 36.2 Å². The van der Waals surface area contributed by atoms with E-state index in [-0.39, 0.29) is 12.5 Å². The van der Waals surface area contributed by atoms with E-state index in [1.54, 1.807) is 18.0 Å². The van der Waals surface area contributed by atoms with E-state index in [9.17, 15) is 4.79 Å². The number of aliphatic imine (C=N–C) groups is 1. The molecule has 1 amide bonds. The summed E-state index contributed by atoms with van der Waals surface area (Å²) in [6.07, 6.45) is 7.09. The van der Waals surface area contributed by atoms with Gasteiger partial charge in [-0.2, -0.15) is 0 Å². The van der Waals surface area contributed by atoms with Crippen molar-refractivity contribution in [3.8, 4) is 23.8 Å². The molecule has 0 unspecified atom stereocenters. The number of terminal acetylenes is 1. The van der Waals surface area contributed by atoms with Crippen LogP contribution in [0.3, 0.4) is 0 Å². The Morgan fingerprint density at radius 3 is 2.62 bits per heavy atom. The van der Waals surface area contributed by atoms with Gasteiger partial charge in [0.05, 0.1) is 17.2 Å². The number of hydrogen-bond donors (Lipinski definition) is 0. The van der Waals surface area contributed by atoms with Crippen molar-refractivity contribution in [2.24, 2.45) is 4.99 Å². The number of ether oxygens (including phenoxy) is 2. The zero-order valence-electron chi connectivity index (χ0n) is 16.6. The number of carbonyl (C=O) groups is 1. The van der Waals surface area contributed by atoms with Crippen molar-refractivity contribution < 1.29 is 14.3 Å². The van der Waals surface area contributed by atoms with Crippen molar-refractivity contribution in [1.82, 2.24) is 4.90 Å². The second-order valence-corrected chi connectivity index (χ2v) is 7.35. The number of amides is 1. The Kier molecular flexibility index (Phi) is 6.63. The molecule has 29 heavy (non-hydrogen) atoms. The summed E-state index contributed by atoms with van der Waals surface area (Å²) >= 11 is 1.35. The lowest BCUT2D eigenvalue weighted by atomic mass is 10.2. The first-order valence-corrected chi connectivity index (χ1v) is 9.99. The fourth-order valence-electron chi connectivity index (χ4n) is 2.65. The Morgan fingerprint density at radius 2 is 1.93 bits per heavy atom. The fraction of sp³-hybridized carbons (Fsp3) is 0.217. The summed E-state index contributed by atoms with van der Waals surface area (Å²) in [6, 6.07) is 13.4. The van der Waals surface area contributed by atoms with Crippen LogP contribution in [0, 0.1) is 19.3 Å². The molecular formula is C23H22N2O3S. The molecule has 0 aromatic heterocycles. The van der Waals surface area contributed by atoms with E-state index in [1.807, 2.05) is 56.3 Å². The van der Waals surface area contributed by atoms with Gasteiger partial charge in [-0.25, -0.2) is 4.99 Å². The molecule has 0 N–H and O–H groups in total. The van der Waals surface area contributed by atoms with E-state index in [4.69, 9.17) is 15.9 Å². The Bertz CT molecular complexity index is 1000. The van der Waals surface area contributed by atoms with Gasteiger partial charge >= 0.3 is 0 Å². The Labute approximate surface area is 175 Å². The molecule has 6 heteroatoms. The highest BCUT2D eigenvalue weighted by atomic mass is 32.2. The number of hydrogen-bond acceptors (Lipinski definition) is 5. The predicted octanol–water partition coefficient (Wildman–Crippen LogP) is 4.64. The normalized spacial score (nSPS) is 16.3. The molecule has 2 aromatic carbocycles. The largest absolute Gasteiger partial charge is 0.490 e. The quantitative estimate of drug-likeness (QED) is 0.518. The molecule has 1 aliphatic heterocycles. The number of rotatable bonds is 6. The maximum absolute atomic E-state index is 12.7. The summed E-state index contributed by atoms with van der Waals surface area (Å²) in [5.74, 6) is 3.52. The first kappa shape index (κ1) is 20.6. The molecule has 0 saturated carbocycles. The molecule has 1 saturated heterocycles. The monoisotopic (exact) mass is 406 g/mol. The fourth-order valence-corrected chi connectivity index (χ4v) is 3.64. The SMILES string of the molecule is C#CCOc1ccc(/C=C2/SC(=Nc3ccc(C)cc3)N(C)C2=O)cc1OCC. The van der Waals surface area contributed by atoms with Gasteiger partial charge in [-0.3, -0.25) is 9.69 Å². The number of aryl methyl sites for hydroxylation is 1. The van der Waals surface area contributed by atoms with Gasteiger partial charge in [0.15, 0.2) is 16.7 Å². The smallest absolute Gasteiger partial charge is 0.266 e. The molecule has 1 fully saturated rings. The molecule has 0 aliphatic carbocycles. The molecule has 1 aliphatic rings. The average Bonchev–Trinajstić information content (AvgIpc) is 2.97. The molecule has 0 bridgehead atoms. The second-order valence-electron chi connectivity index (χ2n) is 6.34. The highest BCUT2D eigenvalue weighted by Gasteiger charge is 2.30. The zero-order chi connectivity index (χ0) is 20.8. The third-order valence-electron chi connectivity index (χ3n) is 4.14. The Hall–Kier alpha value is -3.17. The summed E-state index contributed by atoms with van der Waals surface area (Å²) in [7, 11) is 1.73. The molecule has 0 atom stereocenters. The first-order chi connectivity index (χ1) is 14.0. The maximum Gasteiger partial charge on any atom is 0.266 e. The second kappa shape index (κ2) is 9.35. The van der Waals surface area contributed by atoms with Crippen LogP contribution in [0.4, 0.5) is 5.69 Å². The van der Waals surface area contributed by atoms with Gasteiger partial charge in [0.2, 0.25) is 0 Å². The van der Waals surface area contributed by atoms with E-state index < -0.39 is 0 Å². The highest BCUT2D eigenvalue weighted by molar-refractivity contribution is 8.18. The van der Waals surface area contributed by atoms with Gasteiger partial charge in [0.1, 0.15) is 6.61 Å². The van der Waals surface area contributed by atoms with Crippen molar-refractivity contribution >= 4 is 34.6 Å². The molecule has 2 aromatic rings. The van der Waals surface area contributed by atoms with Crippen molar-refractivity contribution in [3.63, 3.8) is 0 Å². The number of nitrogens with zero attached hydrogens (tertiary/aromatic N) is 2. The van der Waals surface area contributed by atoms with E-state index >= 15 is 0 Å². The number of thioether (sulfide) groups is 1. The van der Waals surface area contributed by atoms with Gasteiger partial charge in [0, 0.05) is 7.05 Å². The molecule has 0 spiro atoms. The van der Waals surface area contributed by atoms with E-state index in [0.717, 1.165) is 16.8 Å². The molecular weight excluding hydrogens is 384 g/mol.